The Morgan fingerprint density at radius 1 is 1.29 bits per heavy atom. The highest BCUT2D eigenvalue weighted by atomic mass is 16.1. The first-order chi connectivity index (χ1) is 6.74. The quantitative estimate of drug-likeness (QED) is 0.586. The lowest BCUT2D eigenvalue weighted by Crippen LogP contribution is -1.96. The molecule has 1 atom stereocenters. The van der Waals surface area contributed by atoms with E-state index in [1.54, 1.807) is 0 Å². The normalized spacial score (nSPS) is 21.4. The van der Waals surface area contributed by atoms with Gasteiger partial charge in [0.05, 0.1) is 0 Å². The Kier molecular flexibility index (Phi) is 4.92. The van der Waals surface area contributed by atoms with Crippen molar-refractivity contribution in [2.45, 2.75) is 58.8 Å². The summed E-state index contributed by atoms with van der Waals surface area (Å²) in [6.45, 7) is 4.35. The molecule has 0 saturated carbocycles. The van der Waals surface area contributed by atoms with E-state index in [2.05, 4.69) is 19.9 Å². The molecule has 0 amide bonds. The Balaban J connectivity index is 2.12. The molecule has 1 aliphatic carbocycles. The lowest BCUT2D eigenvalue weighted by molar-refractivity contribution is -0.115. The van der Waals surface area contributed by atoms with E-state index < -0.39 is 0 Å². The summed E-state index contributed by atoms with van der Waals surface area (Å²) in [5.41, 5.74) is 1.11. The topological polar surface area (TPSA) is 17.1 Å². The summed E-state index contributed by atoms with van der Waals surface area (Å²) in [6.07, 6.45) is 10.4. The molecule has 0 N–H and O–H groups in total. The minimum absolute atomic E-state index is 0.396. The predicted molar refractivity (Wildman–Crippen MR) is 60.2 cm³/mol. The van der Waals surface area contributed by atoms with Gasteiger partial charge in [-0.2, -0.15) is 0 Å². The molecule has 80 valence electrons. The van der Waals surface area contributed by atoms with E-state index in [-0.39, 0.29) is 0 Å². The standard InChI is InChI=1S/C13H22O/c1-3-4-5-6-7-8-12-9-11(2)10-13(12)14/h9,11H,3-8,10H2,1-2H3. The van der Waals surface area contributed by atoms with Crippen LogP contribution in [0.4, 0.5) is 0 Å². The molecule has 0 aromatic rings. The van der Waals surface area contributed by atoms with Crippen LogP contribution in [0.25, 0.3) is 0 Å². The van der Waals surface area contributed by atoms with E-state index in [0.717, 1.165) is 18.4 Å². The molecular weight excluding hydrogens is 172 g/mol. The average molecular weight is 194 g/mol. The first-order valence-electron chi connectivity index (χ1n) is 5.98. The van der Waals surface area contributed by atoms with Crippen LogP contribution in [0.2, 0.25) is 0 Å². The van der Waals surface area contributed by atoms with Gasteiger partial charge in [-0.3, -0.25) is 4.79 Å². The number of unbranched alkanes of at least 4 members (excludes halogenated alkanes) is 4. The van der Waals surface area contributed by atoms with E-state index in [4.69, 9.17) is 0 Å². The van der Waals surface area contributed by atoms with Crippen LogP contribution in [-0.4, -0.2) is 5.78 Å². The summed E-state index contributed by atoms with van der Waals surface area (Å²) in [6, 6.07) is 0. The van der Waals surface area contributed by atoms with Gasteiger partial charge in [0.15, 0.2) is 5.78 Å². The molecule has 14 heavy (non-hydrogen) atoms. The summed E-state index contributed by atoms with van der Waals surface area (Å²) in [4.78, 5) is 11.4. The first kappa shape index (κ1) is 11.5. The van der Waals surface area contributed by atoms with Crippen molar-refractivity contribution < 1.29 is 4.79 Å². The zero-order valence-corrected chi connectivity index (χ0v) is 9.51. The minimum atomic E-state index is 0.396. The third-order valence-electron chi connectivity index (χ3n) is 2.90. The van der Waals surface area contributed by atoms with Crippen LogP contribution in [0.5, 0.6) is 0 Å². The van der Waals surface area contributed by atoms with Crippen LogP contribution in [0, 0.1) is 5.92 Å². The molecule has 0 aromatic heterocycles. The van der Waals surface area contributed by atoms with E-state index in [9.17, 15) is 4.79 Å². The molecule has 0 heterocycles. The van der Waals surface area contributed by atoms with Crippen molar-refractivity contribution in [3.8, 4) is 0 Å². The van der Waals surface area contributed by atoms with Gasteiger partial charge in [0.25, 0.3) is 0 Å². The van der Waals surface area contributed by atoms with Gasteiger partial charge in [0, 0.05) is 6.42 Å². The third-order valence-corrected chi connectivity index (χ3v) is 2.90. The van der Waals surface area contributed by atoms with E-state index in [0.29, 0.717) is 11.7 Å². The molecule has 1 aliphatic rings. The maximum absolute atomic E-state index is 11.4. The lowest BCUT2D eigenvalue weighted by Gasteiger charge is -2.00. The summed E-state index contributed by atoms with van der Waals surface area (Å²) in [7, 11) is 0. The fraction of sp³-hybridized carbons (Fsp3) is 0.769. The van der Waals surface area contributed by atoms with Crippen molar-refractivity contribution in [3.63, 3.8) is 0 Å². The molecule has 0 aromatic carbocycles. The second-order valence-electron chi connectivity index (χ2n) is 4.46. The van der Waals surface area contributed by atoms with Crippen molar-refractivity contribution in [1.82, 2.24) is 0 Å². The van der Waals surface area contributed by atoms with Crippen molar-refractivity contribution in [3.05, 3.63) is 11.6 Å². The van der Waals surface area contributed by atoms with Crippen molar-refractivity contribution in [1.29, 1.82) is 0 Å². The van der Waals surface area contributed by atoms with Gasteiger partial charge in [-0.05, 0) is 24.3 Å². The summed E-state index contributed by atoms with van der Waals surface area (Å²) >= 11 is 0. The molecule has 0 radical (unpaired) electrons. The number of ketones is 1. The lowest BCUT2D eigenvalue weighted by atomic mass is 10.0. The molecule has 1 rings (SSSR count). The maximum Gasteiger partial charge on any atom is 0.159 e. The number of carbonyl (C=O) groups is 1. The Bertz CT molecular complexity index is 215. The van der Waals surface area contributed by atoms with E-state index in [1.807, 2.05) is 0 Å². The fourth-order valence-corrected chi connectivity index (χ4v) is 2.06. The smallest absolute Gasteiger partial charge is 0.159 e. The van der Waals surface area contributed by atoms with Gasteiger partial charge in [-0.1, -0.05) is 45.6 Å². The summed E-state index contributed by atoms with van der Waals surface area (Å²) in [5.74, 6) is 0.890. The van der Waals surface area contributed by atoms with Crippen molar-refractivity contribution in [2.24, 2.45) is 5.92 Å². The van der Waals surface area contributed by atoms with Gasteiger partial charge in [0.2, 0.25) is 0 Å². The minimum Gasteiger partial charge on any atom is -0.295 e. The zero-order chi connectivity index (χ0) is 10.4. The number of carbonyl (C=O) groups excluding carboxylic acids is 1. The largest absolute Gasteiger partial charge is 0.295 e. The van der Waals surface area contributed by atoms with Crippen LogP contribution >= 0.6 is 0 Å². The Hall–Kier alpha value is -0.590. The molecule has 0 fully saturated rings. The molecule has 1 nitrogen and oxygen atoms in total. The van der Waals surface area contributed by atoms with Crippen LogP contribution in [0.15, 0.2) is 11.6 Å². The maximum atomic E-state index is 11.4. The van der Waals surface area contributed by atoms with Crippen molar-refractivity contribution in [2.75, 3.05) is 0 Å². The number of Topliss-reactive ketones (excluding diaryl/α,β-unsaturated/α-hetero) is 1. The van der Waals surface area contributed by atoms with Gasteiger partial charge >= 0.3 is 0 Å². The first-order valence-corrected chi connectivity index (χ1v) is 5.98. The number of hydrogen-bond acceptors (Lipinski definition) is 1. The summed E-state index contributed by atoms with van der Waals surface area (Å²) in [5, 5.41) is 0. The third kappa shape index (κ3) is 3.65. The van der Waals surface area contributed by atoms with Crippen LogP contribution < -0.4 is 0 Å². The fourth-order valence-electron chi connectivity index (χ4n) is 2.06. The van der Waals surface area contributed by atoms with Crippen LogP contribution in [0.3, 0.4) is 0 Å². The summed E-state index contributed by atoms with van der Waals surface area (Å²) < 4.78 is 0. The molecule has 1 unspecified atom stereocenters. The Morgan fingerprint density at radius 2 is 2.00 bits per heavy atom. The monoisotopic (exact) mass is 194 g/mol. The highest BCUT2D eigenvalue weighted by Crippen LogP contribution is 2.24. The highest BCUT2D eigenvalue weighted by Gasteiger charge is 2.19. The number of hydrogen-bond donors (Lipinski definition) is 0. The zero-order valence-electron chi connectivity index (χ0n) is 9.51. The molecule has 0 saturated heterocycles. The average Bonchev–Trinajstić information content (AvgIpc) is 2.45. The Labute approximate surface area is 87.6 Å². The molecule has 0 aliphatic heterocycles. The number of rotatable bonds is 6. The molecule has 0 bridgehead atoms. The van der Waals surface area contributed by atoms with Gasteiger partial charge in [-0.15, -0.1) is 0 Å². The van der Waals surface area contributed by atoms with Gasteiger partial charge in [0.1, 0.15) is 0 Å². The van der Waals surface area contributed by atoms with Gasteiger partial charge in [-0.25, -0.2) is 0 Å². The van der Waals surface area contributed by atoms with Crippen LogP contribution in [-0.2, 0) is 4.79 Å². The molecule has 0 spiro atoms. The second-order valence-corrected chi connectivity index (χ2v) is 4.46. The van der Waals surface area contributed by atoms with Gasteiger partial charge < -0.3 is 0 Å². The van der Waals surface area contributed by atoms with E-state index in [1.165, 1.54) is 32.1 Å². The Morgan fingerprint density at radius 3 is 2.57 bits per heavy atom. The second kappa shape index (κ2) is 6.00. The SMILES string of the molecule is CCCCCCCC1=CC(C)CC1=O. The van der Waals surface area contributed by atoms with Crippen LogP contribution in [0.1, 0.15) is 58.8 Å². The highest BCUT2D eigenvalue weighted by molar-refractivity contribution is 5.97. The van der Waals surface area contributed by atoms with E-state index >= 15 is 0 Å². The molecule has 1 heteroatoms. The predicted octanol–water partition coefficient (Wildman–Crippen LogP) is 3.88. The molecular formula is C13H22O. The van der Waals surface area contributed by atoms with Crippen molar-refractivity contribution >= 4 is 5.78 Å². The number of allylic oxidation sites excluding steroid dienone is 2.